The highest BCUT2D eigenvalue weighted by atomic mass is 16.2. The first-order chi connectivity index (χ1) is 15.0. The number of likely N-dealkylation sites (tertiary alicyclic amines) is 1. The molecule has 1 aliphatic rings. The lowest BCUT2D eigenvalue weighted by Gasteiger charge is -2.31. The summed E-state index contributed by atoms with van der Waals surface area (Å²) in [6.45, 7) is 5.35. The largest absolute Gasteiger partial charge is 0.338 e. The molecular weight excluding hydrogens is 390 g/mol. The van der Waals surface area contributed by atoms with Crippen molar-refractivity contribution < 1.29 is 4.79 Å². The fourth-order valence-corrected chi connectivity index (χ4v) is 3.85. The van der Waals surface area contributed by atoms with Gasteiger partial charge in [-0.1, -0.05) is 0 Å². The smallest absolute Gasteiger partial charge is 0.246 e. The van der Waals surface area contributed by atoms with Crippen LogP contribution in [0.5, 0.6) is 0 Å². The Kier molecular flexibility index (Phi) is 6.06. The Balaban J connectivity index is 1.38. The van der Waals surface area contributed by atoms with Gasteiger partial charge in [-0.2, -0.15) is 5.10 Å². The normalized spacial score (nSPS) is 16.6. The van der Waals surface area contributed by atoms with E-state index < -0.39 is 0 Å². The molecule has 1 fully saturated rings. The summed E-state index contributed by atoms with van der Waals surface area (Å²) < 4.78 is 1.72. The molecule has 8 heteroatoms. The first-order valence-electron chi connectivity index (χ1n) is 10.5. The first-order valence-corrected chi connectivity index (χ1v) is 10.5. The van der Waals surface area contributed by atoms with E-state index in [-0.39, 0.29) is 11.8 Å². The van der Waals surface area contributed by atoms with Gasteiger partial charge in [0, 0.05) is 61.0 Å². The van der Waals surface area contributed by atoms with Crippen LogP contribution in [0.3, 0.4) is 0 Å². The molecule has 1 saturated heterocycles. The third kappa shape index (κ3) is 5.33. The maximum Gasteiger partial charge on any atom is 0.246 e. The summed E-state index contributed by atoms with van der Waals surface area (Å²) in [6.07, 6.45) is 10.9. The topological polar surface area (TPSA) is 88.8 Å². The zero-order chi connectivity index (χ0) is 21.8. The summed E-state index contributed by atoms with van der Waals surface area (Å²) in [5.74, 6) is 0.830. The van der Waals surface area contributed by atoms with E-state index in [4.69, 9.17) is 0 Å². The number of hydrogen-bond acceptors (Lipinski definition) is 6. The predicted octanol–water partition coefficient (Wildman–Crippen LogP) is 3.38. The number of anilines is 2. The molecule has 160 valence electrons. The summed E-state index contributed by atoms with van der Waals surface area (Å²) in [5, 5.41) is 7.33. The van der Waals surface area contributed by atoms with Crippen molar-refractivity contribution >= 4 is 23.6 Å². The molecule has 4 heterocycles. The minimum atomic E-state index is 0.0267. The molecule has 1 aliphatic heterocycles. The van der Waals surface area contributed by atoms with Crippen LogP contribution in [0.25, 0.3) is 6.08 Å². The molecule has 0 radical (unpaired) electrons. The van der Waals surface area contributed by atoms with E-state index >= 15 is 0 Å². The van der Waals surface area contributed by atoms with Gasteiger partial charge in [0.1, 0.15) is 0 Å². The Morgan fingerprint density at radius 2 is 2.00 bits per heavy atom. The molecule has 4 rings (SSSR count). The number of aryl methyl sites for hydroxylation is 3. The molecule has 1 amide bonds. The third-order valence-electron chi connectivity index (χ3n) is 5.32. The second kappa shape index (κ2) is 9.07. The van der Waals surface area contributed by atoms with E-state index in [9.17, 15) is 4.79 Å². The second-order valence-electron chi connectivity index (χ2n) is 7.98. The van der Waals surface area contributed by atoms with Crippen molar-refractivity contribution in [2.45, 2.75) is 32.6 Å². The number of carbonyl (C=O) groups is 1. The average Bonchev–Trinajstić information content (AvgIpc) is 3.17. The van der Waals surface area contributed by atoms with Gasteiger partial charge in [-0.25, -0.2) is 9.97 Å². The van der Waals surface area contributed by atoms with Crippen LogP contribution in [0.1, 0.15) is 41.4 Å². The number of piperidine rings is 1. The van der Waals surface area contributed by atoms with Crippen molar-refractivity contribution in [3.8, 4) is 0 Å². The predicted molar refractivity (Wildman–Crippen MR) is 120 cm³/mol. The number of rotatable bonds is 5. The molecule has 3 aromatic heterocycles. The number of nitrogens with one attached hydrogen (secondary N) is 1. The Labute approximate surface area is 182 Å². The molecule has 0 aromatic carbocycles. The SMILES string of the molecule is Cc1cc(C)nc(Nc2ccc([C@@H]3CCCN(C(=O)/C=C/c4cnn(C)c4)C3)nc2)n1. The van der Waals surface area contributed by atoms with E-state index in [2.05, 4.69) is 25.4 Å². The van der Waals surface area contributed by atoms with Gasteiger partial charge in [-0.15, -0.1) is 0 Å². The maximum absolute atomic E-state index is 12.6. The van der Waals surface area contributed by atoms with Crippen LogP contribution in [0.15, 0.2) is 42.9 Å². The Hall–Kier alpha value is -3.55. The van der Waals surface area contributed by atoms with Crippen molar-refractivity contribution in [3.05, 3.63) is 65.5 Å². The fourth-order valence-electron chi connectivity index (χ4n) is 3.85. The molecule has 8 nitrogen and oxygen atoms in total. The number of carbonyl (C=O) groups excluding carboxylic acids is 1. The summed E-state index contributed by atoms with van der Waals surface area (Å²) in [7, 11) is 1.86. The molecule has 0 aliphatic carbocycles. The van der Waals surface area contributed by atoms with Crippen molar-refractivity contribution in [1.82, 2.24) is 29.6 Å². The lowest BCUT2D eigenvalue weighted by molar-refractivity contribution is -0.127. The molecule has 1 atom stereocenters. The van der Waals surface area contributed by atoms with Gasteiger partial charge in [-0.3, -0.25) is 14.5 Å². The summed E-state index contributed by atoms with van der Waals surface area (Å²) in [5.41, 5.74) is 4.60. The third-order valence-corrected chi connectivity index (χ3v) is 5.32. The van der Waals surface area contributed by atoms with Crippen LogP contribution < -0.4 is 5.32 Å². The number of hydrogen-bond donors (Lipinski definition) is 1. The van der Waals surface area contributed by atoms with E-state index in [1.54, 1.807) is 23.2 Å². The van der Waals surface area contributed by atoms with Crippen LogP contribution in [0.4, 0.5) is 11.6 Å². The van der Waals surface area contributed by atoms with Crippen molar-refractivity contribution in [2.75, 3.05) is 18.4 Å². The van der Waals surface area contributed by atoms with Crippen LogP contribution in [0, 0.1) is 13.8 Å². The maximum atomic E-state index is 12.6. The highest BCUT2D eigenvalue weighted by Crippen LogP contribution is 2.27. The van der Waals surface area contributed by atoms with E-state index in [0.717, 1.165) is 47.7 Å². The van der Waals surface area contributed by atoms with Gasteiger partial charge in [0.05, 0.1) is 18.1 Å². The lowest BCUT2D eigenvalue weighted by atomic mass is 9.94. The monoisotopic (exact) mass is 417 g/mol. The molecular formula is C23H27N7O. The quantitative estimate of drug-likeness (QED) is 0.640. The minimum absolute atomic E-state index is 0.0267. The van der Waals surface area contributed by atoms with Crippen LogP contribution in [-0.4, -0.2) is 48.6 Å². The summed E-state index contributed by atoms with van der Waals surface area (Å²) >= 11 is 0. The lowest BCUT2D eigenvalue weighted by Crippen LogP contribution is -2.38. The Morgan fingerprint density at radius 1 is 1.19 bits per heavy atom. The molecule has 0 saturated carbocycles. The fraction of sp³-hybridized carbons (Fsp3) is 0.348. The van der Waals surface area contributed by atoms with Crippen molar-refractivity contribution in [3.63, 3.8) is 0 Å². The molecule has 0 unspecified atom stereocenters. The van der Waals surface area contributed by atoms with Gasteiger partial charge in [0.15, 0.2) is 0 Å². The second-order valence-corrected chi connectivity index (χ2v) is 7.98. The summed E-state index contributed by atoms with van der Waals surface area (Å²) in [4.78, 5) is 28.0. The molecule has 0 spiro atoms. The first kappa shape index (κ1) is 20.7. The van der Waals surface area contributed by atoms with Gasteiger partial charge in [0.2, 0.25) is 11.9 Å². The minimum Gasteiger partial charge on any atom is -0.338 e. The van der Waals surface area contributed by atoms with Crippen LogP contribution in [-0.2, 0) is 11.8 Å². The molecule has 1 N–H and O–H groups in total. The number of aromatic nitrogens is 5. The molecule has 31 heavy (non-hydrogen) atoms. The standard InChI is InChI=1S/C23H27N7O/c1-16-11-17(2)27-23(26-16)28-20-7-8-21(24-13-20)19-5-4-10-30(15-19)22(31)9-6-18-12-25-29(3)14-18/h6-9,11-14,19H,4-5,10,15H2,1-3H3,(H,26,27,28)/b9-6+/t19-/m1/s1. The molecule has 3 aromatic rings. The average molecular weight is 418 g/mol. The van der Waals surface area contributed by atoms with E-state index in [1.165, 1.54) is 0 Å². The van der Waals surface area contributed by atoms with Crippen LogP contribution in [0.2, 0.25) is 0 Å². The molecule has 0 bridgehead atoms. The van der Waals surface area contributed by atoms with E-state index in [1.807, 2.05) is 56.3 Å². The van der Waals surface area contributed by atoms with Crippen LogP contribution >= 0.6 is 0 Å². The van der Waals surface area contributed by atoms with Gasteiger partial charge < -0.3 is 10.2 Å². The zero-order valence-electron chi connectivity index (χ0n) is 18.1. The van der Waals surface area contributed by atoms with Gasteiger partial charge in [0.25, 0.3) is 0 Å². The Bertz CT molecular complexity index is 1070. The summed E-state index contributed by atoms with van der Waals surface area (Å²) in [6, 6.07) is 5.95. The highest BCUT2D eigenvalue weighted by molar-refractivity contribution is 5.91. The highest BCUT2D eigenvalue weighted by Gasteiger charge is 2.24. The van der Waals surface area contributed by atoms with Gasteiger partial charge in [-0.05, 0) is 51.0 Å². The van der Waals surface area contributed by atoms with E-state index in [0.29, 0.717) is 12.5 Å². The Morgan fingerprint density at radius 3 is 2.68 bits per heavy atom. The van der Waals surface area contributed by atoms with Crippen molar-refractivity contribution in [1.29, 1.82) is 0 Å². The number of amides is 1. The number of nitrogens with zero attached hydrogens (tertiary/aromatic N) is 6. The zero-order valence-corrected chi connectivity index (χ0v) is 18.1. The van der Waals surface area contributed by atoms with Gasteiger partial charge >= 0.3 is 0 Å². The van der Waals surface area contributed by atoms with Crippen molar-refractivity contribution in [2.24, 2.45) is 7.05 Å². The number of pyridine rings is 1.